The molecule has 3 aromatic rings. The first kappa shape index (κ1) is 27.1. The van der Waals surface area contributed by atoms with Crippen LogP contribution in [0.5, 0.6) is 0 Å². The highest BCUT2D eigenvalue weighted by Crippen LogP contribution is 2.39. The number of hydrogen-bond acceptors (Lipinski definition) is 6. The van der Waals surface area contributed by atoms with Crippen LogP contribution >= 0.6 is 0 Å². The van der Waals surface area contributed by atoms with Gasteiger partial charge in [-0.15, -0.1) is 0 Å². The number of amides is 2. The summed E-state index contributed by atoms with van der Waals surface area (Å²) in [4.78, 5) is 40.4. The maximum atomic E-state index is 13.1. The van der Waals surface area contributed by atoms with E-state index < -0.39 is 4.92 Å². The van der Waals surface area contributed by atoms with E-state index in [-0.39, 0.29) is 23.4 Å². The van der Waals surface area contributed by atoms with Gasteiger partial charge >= 0.3 is 0 Å². The molecule has 5 rings (SSSR count). The van der Waals surface area contributed by atoms with Crippen LogP contribution in [0, 0.1) is 16.0 Å². The number of nitro benzene ring substituents is 1. The van der Waals surface area contributed by atoms with Gasteiger partial charge in [0, 0.05) is 55.6 Å². The molecule has 0 saturated carbocycles. The van der Waals surface area contributed by atoms with Crippen LogP contribution in [-0.2, 0) is 16.0 Å². The fourth-order valence-corrected chi connectivity index (χ4v) is 5.36. The van der Waals surface area contributed by atoms with Crippen molar-refractivity contribution in [2.24, 2.45) is 5.92 Å². The van der Waals surface area contributed by atoms with Crippen molar-refractivity contribution < 1.29 is 14.5 Å². The lowest BCUT2D eigenvalue weighted by Crippen LogP contribution is -2.40. The zero-order chi connectivity index (χ0) is 28.2. The van der Waals surface area contributed by atoms with Crippen LogP contribution in [0.3, 0.4) is 0 Å². The molecule has 9 heteroatoms. The Morgan fingerprint density at radius 2 is 1.75 bits per heavy atom. The normalized spacial score (nSPS) is 16.7. The summed E-state index contributed by atoms with van der Waals surface area (Å²) >= 11 is 0. The molecular formula is C31H33N5O4. The van der Waals surface area contributed by atoms with Crippen molar-refractivity contribution in [3.8, 4) is 0 Å². The summed E-state index contributed by atoms with van der Waals surface area (Å²) in [5.74, 6) is 0.0449. The van der Waals surface area contributed by atoms with E-state index >= 15 is 0 Å². The summed E-state index contributed by atoms with van der Waals surface area (Å²) in [5, 5.41) is 17.7. The molecule has 1 saturated heterocycles. The first-order valence-corrected chi connectivity index (χ1v) is 13.5. The molecule has 206 valence electrons. The Morgan fingerprint density at radius 1 is 1.05 bits per heavy atom. The van der Waals surface area contributed by atoms with Crippen molar-refractivity contribution in [1.82, 2.24) is 9.80 Å². The maximum absolute atomic E-state index is 13.1. The molecular weight excluding hydrogens is 506 g/mol. The number of nitrogens with one attached hydrogen (secondary N) is 2. The predicted octanol–water partition coefficient (Wildman–Crippen LogP) is 4.87. The van der Waals surface area contributed by atoms with E-state index in [4.69, 9.17) is 0 Å². The Labute approximate surface area is 233 Å². The molecule has 0 aliphatic carbocycles. The minimum atomic E-state index is -0.458. The minimum absolute atomic E-state index is 0.0713. The molecule has 2 aliphatic heterocycles. The van der Waals surface area contributed by atoms with E-state index in [0.717, 1.165) is 50.1 Å². The van der Waals surface area contributed by atoms with Gasteiger partial charge in [-0.2, -0.15) is 0 Å². The second kappa shape index (κ2) is 11.7. The third-order valence-electron chi connectivity index (χ3n) is 7.59. The molecule has 2 amide bonds. The third kappa shape index (κ3) is 5.89. The lowest BCUT2D eigenvalue weighted by Gasteiger charge is -2.32. The van der Waals surface area contributed by atoms with Crippen molar-refractivity contribution >= 4 is 40.1 Å². The van der Waals surface area contributed by atoms with Gasteiger partial charge in [0.1, 0.15) is 0 Å². The second-order valence-electron chi connectivity index (χ2n) is 10.5. The van der Waals surface area contributed by atoms with Gasteiger partial charge in [0.2, 0.25) is 5.91 Å². The summed E-state index contributed by atoms with van der Waals surface area (Å²) in [5.41, 5.74) is 4.73. The van der Waals surface area contributed by atoms with E-state index in [0.29, 0.717) is 22.5 Å². The number of carbonyl (C=O) groups is 2. The Balaban J connectivity index is 1.32. The summed E-state index contributed by atoms with van der Waals surface area (Å²) in [7, 11) is 3.64. The summed E-state index contributed by atoms with van der Waals surface area (Å²) in [6.45, 7) is 2.80. The number of nitro groups is 1. The average molecular weight is 540 g/mol. The SMILES string of the molecule is CN(C)C(=O)C1CCN(CCc2ccc(N/C(=C3\C(=O)Nc4ccc([N+](=O)[O-])cc43)c3ccccc3)cc2)CC1. The molecule has 0 bridgehead atoms. The minimum Gasteiger partial charge on any atom is -0.354 e. The van der Waals surface area contributed by atoms with Crippen LogP contribution in [-0.4, -0.2) is 60.3 Å². The number of carbonyl (C=O) groups excluding carboxylic acids is 2. The number of benzene rings is 3. The second-order valence-corrected chi connectivity index (χ2v) is 10.5. The summed E-state index contributed by atoms with van der Waals surface area (Å²) in [6, 6.07) is 22.0. The van der Waals surface area contributed by atoms with E-state index in [1.807, 2.05) is 56.6 Å². The van der Waals surface area contributed by atoms with Gasteiger partial charge in [-0.05, 0) is 61.7 Å². The standard InChI is InChI=1S/C31H33N5O4/c1-34(2)31(38)23-15-18-35(19-16-23)17-14-21-8-10-24(11-9-21)32-29(22-6-4-3-5-7-22)28-26-20-25(36(39)40)12-13-27(26)33-30(28)37/h3-13,20,23,32H,14-19H2,1-2H3,(H,33,37)/b29-28-. The highest BCUT2D eigenvalue weighted by atomic mass is 16.6. The largest absolute Gasteiger partial charge is 0.354 e. The maximum Gasteiger partial charge on any atom is 0.270 e. The lowest BCUT2D eigenvalue weighted by atomic mass is 9.95. The van der Waals surface area contributed by atoms with Crippen molar-refractivity contribution in [2.45, 2.75) is 19.3 Å². The monoisotopic (exact) mass is 539 g/mol. The van der Waals surface area contributed by atoms with Crippen LogP contribution in [0.4, 0.5) is 17.1 Å². The molecule has 0 radical (unpaired) electrons. The van der Waals surface area contributed by atoms with E-state index in [9.17, 15) is 19.7 Å². The highest BCUT2D eigenvalue weighted by Gasteiger charge is 2.30. The van der Waals surface area contributed by atoms with Crippen molar-refractivity contribution in [2.75, 3.05) is 44.4 Å². The number of non-ortho nitro benzene ring substituents is 1. The van der Waals surface area contributed by atoms with E-state index in [1.54, 1.807) is 11.0 Å². The number of nitrogens with zero attached hydrogens (tertiary/aromatic N) is 3. The van der Waals surface area contributed by atoms with Gasteiger partial charge < -0.3 is 20.4 Å². The lowest BCUT2D eigenvalue weighted by molar-refractivity contribution is -0.384. The number of fused-ring (bicyclic) bond motifs is 1. The predicted molar refractivity (Wildman–Crippen MR) is 157 cm³/mol. The Morgan fingerprint density at radius 3 is 2.40 bits per heavy atom. The van der Waals surface area contributed by atoms with Gasteiger partial charge in [-0.3, -0.25) is 19.7 Å². The third-order valence-corrected chi connectivity index (χ3v) is 7.59. The molecule has 0 aromatic heterocycles. The molecule has 2 aliphatic rings. The topological polar surface area (TPSA) is 108 Å². The Hall–Kier alpha value is -4.50. The fraction of sp³-hybridized carbons (Fsp3) is 0.290. The quantitative estimate of drug-likeness (QED) is 0.240. The summed E-state index contributed by atoms with van der Waals surface area (Å²) < 4.78 is 0. The van der Waals surface area contributed by atoms with Gasteiger partial charge in [-0.1, -0.05) is 42.5 Å². The molecule has 1 fully saturated rings. The van der Waals surface area contributed by atoms with Gasteiger partial charge in [0.25, 0.3) is 11.6 Å². The molecule has 3 aromatic carbocycles. The smallest absolute Gasteiger partial charge is 0.270 e. The molecule has 0 unspecified atom stereocenters. The van der Waals surface area contributed by atoms with Crippen LogP contribution < -0.4 is 10.6 Å². The number of hydrogen-bond donors (Lipinski definition) is 2. The van der Waals surface area contributed by atoms with Crippen LogP contribution in [0.1, 0.15) is 29.5 Å². The first-order valence-electron chi connectivity index (χ1n) is 13.5. The Kier molecular flexibility index (Phi) is 7.93. The zero-order valence-corrected chi connectivity index (χ0v) is 22.7. The number of piperidine rings is 1. The average Bonchev–Trinajstić information content (AvgIpc) is 3.30. The van der Waals surface area contributed by atoms with Crippen LogP contribution in [0.25, 0.3) is 11.3 Å². The summed E-state index contributed by atoms with van der Waals surface area (Å²) in [6.07, 6.45) is 2.70. The van der Waals surface area contributed by atoms with Crippen molar-refractivity contribution in [3.63, 3.8) is 0 Å². The molecule has 40 heavy (non-hydrogen) atoms. The van der Waals surface area contributed by atoms with Crippen molar-refractivity contribution in [1.29, 1.82) is 0 Å². The van der Waals surface area contributed by atoms with Gasteiger partial charge in [-0.25, -0.2) is 0 Å². The van der Waals surface area contributed by atoms with Crippen LogP contribution in [0.15, 0.2) is 72.8 Å². The molecule has 0 atom stereocenters. The molecule has 2 heterocycles. The molecule has 9 nitrogen and oxygen atoms in total. The first-order chi connectivity index (χ1) is 19.3. The van der Waals surface area contributed by atoms with Gasteiger partial charge in [0.15, 0.2) is 0 Å². The molecule has 2 N–H and O–H groups in total. The van der Waals surface area contributed by atoms with Crippen LogP contribution in [0.2, 0.25) is 0 Å². The zero-order valence-electron chi connectivity index (χ0n) is 22.7. The number of likely N-dealkylation sites (tertiary alicyclic amines) is 1. The fourth-order valence-electron chi connectivity index (χ4n) is 5.36. The molecule has 0 spiro atoms. The Bertz CT molecular complexity index is 1440. The van der Waals surface area contributed by atoms with Crippen molar-refractivity contribution in [3.05, 3.63) is 99.6 Å². The highest BCUT2D eigenvalue weighted by molar-refractivity contribution is 6.37. The number of anilines is 2. The van der Waals surface area contributed by atoms with Gasteiger partial charge in [0.05, 0.1) is 16.2 Å². The number of rotatable bonds is 8. The van der Waals surface area contributed by atoms with E-state index in [2.05, 4.69) is 27.7 Å². The van der Waals surface area contributed by atoms with E-state index in [1.165, 1.54) is 17.7 Å².